The molecule has 1 aliphatic rings. The van der Waals surface area contributed by atoms with Crippen LogP contribution in [0.3, 0.4) is 0 Å². The van der Waals surface area contributed by atoms with Gasteiger partial charge in [0.1, 0.15) is 0 Å². The largest absolute Gasteiger partial charge is 0.312 e. The van der Waals surface area contributed by atoms with E-state index >= 15 is 0 Å². The molecule has 0 aliphatic carbocycles. The zero-order chi connectivity index (χ0) is 19.6. The topological polar surface area (TPSA) is 53.5 Å². The lowest BCUT2D eigenvalue weighted by Crippen LogP contribution is -2.38. The molecule has 1 aliphatic heterocycles. The summed E-state index contributed by atoms with van der Waals surface area (Å²) in [6.45, 7) is 6.67. The van der Waals surface area contributed by atoms with Crippen LogP contribution in [0.25, 0.3) is 11.3 Å². The van der Waals surface area contributed by atoms with Gasteiger partial charge in [-0.15, -0.1) is 11.3 Å². The molecule has 0 radical (unpaired) electrons. The number of nitrogens with zero attached hydrogens (tertiary/aromatic N) is 3. The quantitative estimate of drug-likeness (QED) is 0.761. The van der Waals surface area contributed by atoms with Crippen molar-refractivity contribution in [3.05, 3.63) is 29.1 Å². The fourth-order valence-corrected chi connectivity index (χ4v) is 4.15. The lowest BCUT2D eigenvalue weighted by Gasteiger charge is -2.31. The van der Waals surface area contributed by atoms with E-state index in [0.717, 1.165) is 47.9 Å². The minimum Gasteiger partial charge on any atom is -0.312 e. The van der Waals surface area contributed by atoms with Crippen molar-refractivity contribution in [1.82, 2.24) is 4.98 Å². The molecule has 3 rings (SSSR count). The van der Waals surface area contributed by atoms with Crippen LogP contribution in [0.15, 0.2) is 23.6 Å². The molecule has 27 heavy (non-hydrogen) atoms. The number of aryl methyl sites for hydroxylation is 1. The van der Waals surface area contributed by atoms with Gasteiger partial charge in [0.25, 0.3) is 0 Å². The first-order valence-electron chi connectivity index (χ1n) is 9.59. The maximum Gasteiger partial charge on any atom is 0.229 e. The smallest absolute Gasteiger partial charge is 0.229 e. The molecule has 0 bridgehead atoms. The second-order valence-electron chi connectivity index (χ2n) is 7.31. The number of aromatic nitrogens is 1. The molecule has 0 fully saturated rings. The van der Waals surface area contributed by atoms with E-state index < -0.39 is 0 Å². The fraction of sp³-hybridized carbons (Fsp3) is 0.476. The Hall–Kier alpha value is -2.21. The molecule has 144 valence electrons. The minimum absolute atomic E-state index is 0.00656. The predicted octanol–water partition coefficient (Wildman–Crippen LogP) is 4.51. The Labute approximate surface area is 165 Å². The number of thiazole rings is 1. The van der Waals surface area contributed by atoms with Crippen molar-refractivity contribution in [2.24, 2.45) is 5.92 Å². The standard InChI is InChI=1S/C21H27N3O2S/c1-5-7-19(25)23(4)21-22-17(13-27-21)15-9-10-18-16(12-15)8-6-11-24(18)20(26)14(2)3/h9-10,12-14H,5-8,11H2,1-4H3. The van der Waals surface area contributed by atoms with E-state index in [1.165, 1.54) is 16.9 Å². The predicted molar refractivity (Wildman–Crippen MR) is 111 cm³/mol. The number of hydrogen-bond acceptors (Lipinski definition) is 4. The minimum atomic E-state index is -0.00656. The summed E-state index contributed by atoms with van der Waals surface area (Å²) in [6, 6.07) is 6.20. The van der Waals surface area contributed by atoms with Crippen LogP contribution in [0.2, 0.25) is 0 Å². The van der Waals surface area contributed by atoms with E-state index in [4.69, 9.17) is 0 Å². The molecule has 1 aromatic heterocycles. The summed E-state index contributed by atoms with van der Waals surface area (Å²) in [5.41, 5.74) is 4.12. The Morgan fingerprint density at radius 3 is 2.81 bits per heavy atom. The van der Waals surface area contributed by atoms with Gasteiger partial charge in [-0.3, -0.25) is 14.5 Å². The third-order valence-corrected chi connectivity index (χ3v) is 5.79. The molecule has 5 nitrogen and oxygen atoms in total. The van der Waals surface area contributed by atoms with Crippen molar-refractivity contribution in [1.29, 1.82) is 0 Å². The number of carbonyl (C=O) groups is 2. The molecule has 1 aromatic carbocycles. The third-order valence-electron chi connectivity index (χ3n) is 4.87. The summed E-state index contributed by atoms with van der Waals surface area (Å²) in [7, 11) is 1.78. The average Bonchev–Trinajstić information content (AvgIpc) is 3.16. The highest BCUT2D eigenvalue weighted by Crippen LogP contribution is 2.34. The highest BCUT2D eigenvalue weighted by Gasteiger charge is 2.25. The zero-order valence-electron chi connectivity index (χ0n) is 16.5. The van der Waals surface area contributed by atoms with Gasteiger partial charge in [0, 0.05) is 42.6 Å². The van der Waals surface area contributed by atoms with E-state index in [2.05, 4.69) is 11.1 Å². The summed E-state index contributed by atoms with van der Waals surface area (Å²) < 4.78 is 0. The molecule has 0 saturated heterocycles. The number of anilines is 2. The lowest BCUT2D eigenvalue weighted by molar-refractivity contribution is -0.121. The average molecular weight is 386 g/mol. The molecule has 2 heterocycles. The maximum absolute atomic E-state index is 12.5. The second kappa shape index (κ2) is 8.21. The second-order valence-corrected chi connectivity index (χ2v) is 8.15. The number of benzene rings is 1. The van der Waals surface area contributed by atoms with Crippen LogP contribution in [-0.2, 0) is 16.0 Å². The normalized spacial score (nSPS) is 13.6. The molecule has 6 heteroatoms. The van der Waals surface area contributed by atoms with Crippen molar-refractivity contribution in [3.8, 4) is 11.3 Å². The van der Waals surface area contributed by atoms with Gasteiger partial charge in [-0.1, -0.05) is 26.8 Å². The Morgan fingerprint density at radius 1 is 1.33 bits per heavy atom. The first kappa shape index (κ1) is 19.5. The number of rotatable bonds is 5. The van der Waals surface area contributed by atoms with E-state index in [0.29, 0.717) is 6.42 Å². The van der Waals surface area contributed by atoms with Crippen LogP contribution in [-0.4, -0.2) is 30.4 Å². The molecule has 0 saturated carbocycles. The Kier molecular flexibility index (Phi) is 5.95. The van der Waals surface area contributed by atoms with Crippen molar-refractivity contribution >= 4 is 34.0 Å². The van der Waals surface area contributed by atoms with E-state index in [9.17, 15) is 9.59 Å². The van der Waals surface area contributed by atoms with Gasteiger partial charge in [-0.2, -0.15) is 0 Å². The first-order chi connectivity index (χ1) is 12.9. The number of hydrogen-bond donors (Lipinski definition) is 0. The molecule has 2 aromatic rings. The summed E-state index contributed by atoms with van der Waals surface area (Å²) >= 11 is 1.48. The highest BCUT2D eigenvalue weighted by molar-refractivity contribution is 7.14. The third kappa shape index (κ3) is 4.05. The van der Waals surface area contributed by atoms with Gasteiger partial charge in [0.05, 0.1) is 5.69 Å². The van der Waals surface area contributed by atoms with Crippen molar-refractivity contribution in [3.63, 3.8) is 0 Å². The van der Waals surface area contributed by atoms with Gasteiger partial charge in [-0.05, 0) is 37.0 Å². The monoisotopic (exact) mass is 385 g/mol. The maximum atomic E-state index is 12.5. The summed E-state index contributed by atoms with van der Waals surface area (Å²) in [4.78, 5) is 32.8. The summed E-state index contributed by atoms with van der Waals surface area (Å²) in [5, 5.41) is 2.71. The fourth-order valence-electron chi connectivity index (χ4n) is 3.34. The van der Waals surface area contributed by atoms with Gasteiger partial charge in [0.15, 0.2) is 5.13 Å². The van der Waals surface area contributed by atoms with Crippen LogP contribution in [0, 0.1) is 5.92 Å². The number of fused-ring (bicyclic) bond motifs is 1. The van der Waals surface area contributed by atoms with E-state index in [1.807, 2.05) is 43.2 Å². The Bertz CT molecular complexity index is 844. The molecule has 2 amide bonds. The van der Waals surface area contributed by atoms with E-state index in [-0.39, 0.29) is 17.7 Å². The Balaban J connectivity index is 1.86. The number of amides is 2. The van der Waals surface area contributed by atoms with Gasteiger partial charge >= 0.3 is 0 Å². The first-order valence-corrected chi connectivity index (χ1v) is 10.5. The van der Waals surface area contributed by atoms with Crippen LogP contribution in [0.5, 0.6) is 0 Å². The van der Waals surface area contributed by atoms with E-state index in [1.54, 1.807) is 11.9 Å². The van der Waals surface area contributed by atoms with Crippen molar-refractivity contribution < 1.29 is 9.59 Å². The summed E-state index contributed by atoms with van der Waals surface area (Å²) in [6.07, 6.45) is 3.31. The molecule has 0 atom stereocenters. The van der Waals surface area contributed by atoms with Crippen molar-refractivity contribution in [2.75, 3.05) is 23.4 Å². The zero-order valence-corrected chi connectivity index (χ0v) is 17.3. The lowest BCUT2D eigenvalue weighted by atomic mass is 9.97. The van der Waals surface area contributed by atoms with Crippen molar-refractivity contribution in [2.45, 2.75) is 46.5 Å². The van der Waals surface area contributed by atoms with Gasteiger partial charge in [0.2, 0.25) is 11.8 Å². The Morgan fingerprint density at radius 2 is 2.11 bits per heavy atom. The highest BCUT2D eigenvalue weighted by atomic mass is 32.1. The van der Waals surface area contributed by atoms with Crippen LogP contribution < -0.4 is 9.80 Å². The molecule has 0 spiro atoms. The van der Waals surface area contributed by atoms with Crippen LogP contribution in [0.1, 0.15) is 45.6 Å². The van der Waals surface area contributed by atoms with Gasteiger partial charge in [-0.25, -0.2) is 4.98 Å². The van der Waals surface area contributed by atoms with Crippen LogP contribution >= 0.6 is 11.3 Å². The number of carbonyl (C=O) groups excluding carboxylic acids is 2. The van der Waals surface area contributed by atoms with Gasteiger partial charge < -0.3 is 4.90 Å². The molecular formula is C21H27N3O2S. The SMILES string of the molecule is CCCC(=O)N(C)c1nc(-c2ccc3c(c2)CCCN3C(=O)C(C)C)cs1. The molecule has 0 N–H and O–H groups in total. The summed E-state index contributed by atoms with van der Waals surface area (Å²) in [5.74, 6) is 0.260. The molecular weight excluding hydrogens is 358 g/mol. The van der Waals surface area contributed by atoms with Crippen LogP contribution in [0.4, 0.5) is 10.8 Å². The molecule has 0 unspecified atom stereocenters.